The molecule has 2 aromatic heterocycles. The quantitative estimate of drug-likeness (QED) is 0.686. The van der Waals surface area contributed by atoms with E-state index in [9.17, 15) is 4.79 Å². The Bertz CT molecular complexity index is 845. The maximum atomic E-state index is 11.3. The smallest absolute Gasteiger partial charge is 0.231 e. The summed E-state index contributed by atoms with van der Waals surface area (Å²) in [5, 5.41) is 8.01. The van der Waals surface area contributed by atoms with E-state index in [1.165, 1.54) is 0 Å². The second-order valence-corrected chi connectivity index (χ2v) is 4.63. The molecule has 0 fully saturated rings. The Balaban J connectivity index is 1.89. The first-order valence-corrected chi connectivity index (χ1v) is 6.58. The number of aldehydes is 1. The lowest BCUT2D eigenvalue weighted by Crippen LogP contribution is -2.00. The molecule has 0 bridgehead atoms. The highest BCUT2D eigenvalue weighted by molar-refractivity contribution is 5.83. The Morgan fingerprint density at radius 2 is 1.91 bits per heavy atom. The third-order valence-corrected chi connectivity index (χ3v) is 3.36. The van der Waals surface area contributed by atoms with Crippen LogP contribution < -0.4 is 9.47 Å². The molecule has 0 saturated heterocycles. The van der Waals surface area contributed by atoms with Crippen LogP contribution in [-0.4, -0.2) is 33.1 Å². The van der Waals surface area contributed by atoms with Gasteiger partial charge in [0.2, 0.25) is 6.79 Å². The molecule has 1 aliphatic heterocycles. The molecule has 22 heavy (non-hydrogen) atoms. The Kier molecular flexibility index (Phi) is 2.82. The van der Waals surface area contributed by atoms with Crippen LogP contribution >= 0.6 is 0 Å². The molecule has 3 aromatic rings. The lowest BCUT2D eigenvalue weighted by Gasteiger charge is -2.07. The lowest BCUT2D eigenvalue weighted by molar-refractivity contribution is 0.111. The van der Waals surface area contributed by atoms with Gasteiger partial charge in [-0.25, -0.2) is 4.68 Å². The van der Waals surface area contributed by atoms with E-state index in [0.717, 1.165) is 11.3 Å². The van der Waals surface area contributed by atoms with Gasteiger partial charge in [-0.3, -0.25) is 9.78 Å². The number of aromatic nitrogens is 4. The van der Waals surface area contributed by atoms with Crippen LogP contribution in [0.2, 0.25) is 0 Å². The number of benzene rings is 1. The molecule has 0 spiro atoms. The average Bonchev–Trinajstić information content (AvgIpc) is 3.21. The van der Waals surface area contributed by atoms with E-state index in [0.29, 0.717) is 23.5 Å². The molecule has 0 N–H and O–H groups in total. The maximum absolute atomic E-state index is 11.3. The van der Waals surface area contributed by atoms with E-state index in [1.54, 1.807) is 41.3 Å². The zero-order valence-corrected chi connectivity index (χ0v) is 11.3. The van der Waals surface area contributed by atoms with Crippen LogP contribution in [0.5, 0.6) is 11.5 Å². The molecule has 3 heterocycles. The van der Waals surface area contributed by atoms with Crippen LogP contribution in [0.1, 0.15) is 10.5 Å². The number of fused-ring (bicyclic) bond motifs is 1. The maximum Gasteiger partial charge on any atom is 0.231 e. The fourth-order valence-electron chi connectivity index (χ4n) is 2.35. The predicted octanol–water partition coefficient (Wildman–Crippen LogP) is 1.87. The monoisotopic (exact) mass is 294 g/mol. The molecular formula is C15H10N4O3. The molecular weight excluding hydrogens is 284 g/mol. The second kappa shape index (κ2) is 4.96. The summed E-state index contributed by atoms with van der Waals surface area (Å²) in [6, 6.07) is 9.04. The predicted molar refractivity (Wildman–Crippen MR) is 76.1 cm³/mol. The van der Waals surface area contributed by atoms with Crippen molar-refractivity contribution in [2.45, 2.75) is 0 Å². The van der Waals surface area contributed by atoms with E-state index < -0.39 is 0 Å². The largest absolute Gasteiger partial charge is 0.454 e. The molecule has 0 aliphatic carbocycles. The number of carbonyl (C=O) groups excluding carboxylic acids is 1. The van der Waals surface area contributed by atoms with Crippen LogP contribution in [0.4, 0.5) is 0 Å². The van der Waals surface area contributed by atoms with Crippen molar-refractivity contribution < 1.29 is 14.3 Å². The number of carbonyl (C=O) groups is 1. The lowest BCUT2D eigenvalue weighted by atomic mass is 10.1. The molecule has 4 rings (SSSR count). The Morgan fingerprint density at radius 1 is 1.09 bits per heavy atom. The summed E-state index contributed by atoms with van der Waals surface area (Å²) in [5.41, 5.74) is 2.41. The van der Waals surface area contributed by atoms with Crippen molar-refractivity contribution in [1.29, 1.82) is 0 Å². The Morgan fingerprint density at radius 3 is 2.73 bits per heavy atom. The second-order valence-electron chi connectivity index (χ2n) is 4.63. The summed E-state index contributed by atoms with van der Waals surface area (Å²) >= 11 is 0. The van der Waals surface area contributed by atoms with Crippen LogP contribution in [0.25, 0.3) is 16.9 Å². The summed E-state index contributed by atoms with van der Waals surface area (Å²) in [7, 11) is 0. The van der Waals surface area contributed by atoms with Gasteiger partial charge in [-0.15, -0.1) is 5.10 Å². The van der Waals surface area contributed by atoms with Crippen molar-refractivity contribution in [2.24, 2.45) is 0 Å². The van der Waals surface area contributed by atoms with Gasteiger partial charge in [0.15, 0.2) is 23.5 Å². The van der Waals surface area contributed by atoms with Gasteiger partial charge in [-0.1, -0.05) is 5.21 Å². The van der Waals surface area contributed by atoms with Gasteiger partial charge < -0.3 is 9.47 Å². The van der Waals surface area contributed by atoms with Gasteiger partial charge in [0.1, 0.15) is 5.69 Å². The number of hydrogen-bond acceptors (Lipinski definition) is 6. The fraction of sp³-hybridized carbons (Fsp3) is 0.0667. The first-order valence-electron chi connectivity index (χ1n) is 6.58. The topological polar surface area (TPSA) is 79.1 Å². The fourth-order valence-corrected chi connectivity index (χ4v) is 2.35. The van der Waals surface area contributed by atoms with Gasteiger partial charge in [-0.2, -0.15) is 0 Å². The number of pyridine rings is 1. The third kappa shape index (κ3) is 1.91. The minimum absolute atomic E-state index is 0.201. The van der Waals surface area contributed by atoms with Crippen LogP contribution in [0.15, 0.2) is 42.7 Å². The van der Waals surface area contributed by atoms with Crippen molar-refractivity contribution in [3.8, 4) is 28.4 Å². The van der Waals surface area contributed by atoms with Crippen molar-refractivity contribution in [3.05, 3.63) is 48.4 Å². The number of hydrogen-bond donors (Lipinski definition) is 0. The molecule has 1 aliphatic rings. The van der Waals surface area contributed by atoms with E-state index in [1.807, 2.05) is 6.07 Å². The molecule has 0 radical (unpaired) electrons. The van der Waals surface area contributed by atoms with Gasteiger partial charge in [0, 0.05) is 24.0 Å². The summed E-state index contributed by atoms with van der Waals surface area (Å²) in [6.07, 6.45) is 3.99. The molecule has 7 nitrogen and oxygen atoms in total. The number of ether oxygens (including phenoxy) is 2. The molecule has 108 valence electrons. The van der Waals surface area contributed by atoms with Gasteiger partial charge in [-0.05, 0) is 24.3 Å². The van der Waals surface area contributed by atoms with Crippen LogP contribution in [-0.2, 0) is 0 Å². The van der Waals surface area contributed by atoms with Crippen molar-refractivity contribution in [1.82, 2.24) is 20.0 Å². The third-order valence-electron chi connectivity index (χ3n) is 3.36. The molecule has 0 atom stereocenters. The van der Waals surface area contributed by atoms with Crippen molar-refractivity contribution in [3.63, 3.8) is 0 Å². The minimum atomic E-state index is 0.201. The van der Waals surface area contributed by atoms with E-state index in [-0.39, 0.29) is 12.5 Å². The summed E-state index contributed by atoms with van der Waals surface area (Å²) in [4.78, 5) is 15.2. The molecule has 7 heteroatoms. The first kappa shape index (κ1) is 12.5. The number of nitrogens with zero attached hydrogens (tertiary/aromatic N) is 4. The molecule has 1 aromatic carbocycles. The van der Waals surface area contributed by atoms with Gasteiger partial charge in [0.05, 0.1) is 5.69 Å². The SMILES string of the molecule is O=Cc1nnn(-c2ccc3c(c2)OCO3)c1-c1ccncc1. The van der Waals surface area contributed by atoms with Gasteiger partial charge >= 0.3 is 0 Å². The van der Waals surface area contributed by atoms with Crippen LogP contribution in [0.3, 0.4) is 0 Å². The van der Waals surface area contributed by atoms with E-state index >= 15 is 0 Å². The number of rotatable bonds is 3. The standard InChI is InChI=1S/C15H10N4O3/c20-8-12-15(10-3-5-16-6-4-10)19(18-17-12)11-1-2-13-14(7-11)22-9-21-13/h1-8H,9H2. The van der Waals surface area contributed by atoms with E-state index in [4.69, 9.17) is 9.47 Å². The van der Waals surface area contributed by atoms with Gasteiger partial charge in [0.25, 0.3) is 0 Å². The van der Waals surface area contributed by atoms with E-state index in [2.05, 4.69) is 15.3 Å². The van der Waals surface area contributed by atoms with Crippen molar-refractivity contribution in [2.75, 3.05) is 6.79 Å². The average molecular weight is 294 g/mol. The first-order chi connectivity index (χ1) is 10.9. The zero-order valence-electron chi connectivity index (χ0n) is 11.3. The van der Waals surface area contributed by atoms with Crippen molar-refractivity contribution >= 4 is 6.29 Å². The summed E-state index contributed by atoms with van der Waals surface area (Å²) in [5.74, 6) is 1.33. The summed E-state index contributed by atoms with van der Waals surface area (Å²) in [6.45, 7) is 0.201. The molecule has 0 saturated carbocycles. The molecule has 0 amide bonds. The Hall–Kier alpha value is -3.22. The Labute approximate surface area is 125 Å². The summed E-state index contributed by atoms with van der Waals surface area (Å²) < 4.78 is 12.3. The highest BCUT2D eigenvalue weighted by atomic mass is 16.7. The molecule has 0 unspecified atom stereocenters. The zero-order chi connectivity index (χ0) is 14.9. The normalized spacial score (nSPS) is 12.4. The highest BCUT2D eigenvalue weighted by Crippen LogP contribution is 2.34. The van der Waals surface area contributed by atoms with Crippen LogP contribution in [0, 0.1) is 0 Å². The minimum Gasteiger partial charge on any atom is -0.454 e. The highest BCUT2D eigenvalue weighted by Gasteiger charge is 2.19.